The summed E-state index contributed by atoms with van der Waals surface area (Å²) in [5.41, 5.74) is 0.589. The Morgan fingerprint density at radius 2 is 2.24 bits per heavy atom. The van der Waals surface area contributed by atoms with E-state index < -0.39 is 0 Å². The monoisotopic (exact) mass is 306 g/mol. The first-order valence-corrected chi connectivity index (χ1v) is 8.07. The Balaban J connectivity index is 1.80. The van der Waals surface area contributed by atoms with Crippen molar-refractivity contribution in [1.29, 1.82) is 0 Å². The van der Waals surface area contributed by atoms with Gasteiger partial charge in [-0.05, 0) is 25.0 Å². The second-order valence-electron chi connectivity index (χ2n) is 5.02. The number of nitrogens with zero attached hydrogens (tertiary/aromatic N) is 1. The average molecular weight is 306 g/mol. The van der Waals surface area contributed by atoms with Gasteiger partial charge < -0.3 is 14.5 Å². The highest BCUT2D eigenvalue weighted by Gasteiger charge is 2.15. The topological polar surface area (TPSA) is 64.2 Å². The summed E-state index contributed by atoms with van der Waals surface area (Å²) < 4.78 is 10.5. The van der Waals surface area contributed by atoms with Crippen LogP contribution in [0.3, 0.4) is 0 Å². The first kappa shape index (κ1) is 14.4. The molecular formula is C15H18N2O3S. The van der Waals surface area contributed by atoms with Gasteiger partial charge in [0.25, 0.3) is 5.56 Å². The minimum atomic E-state index is -0.0924. The largest absolute Gasteiger partial charge is 0.497 e. The molecule has 21 heavy (non-hydrogen) atoms. The predicted molar refractivity (Wildman–Crippen MR) is 84.1 cm³/mol. The van der Waals surface area contributed by atoms with Crippen molar-refractivity contribution >= 4 is 22.7 Å². The van der Waals surface area contributed by atoms with Crippen LogP contribution in [-0.2, 0) is 10.5 Å². The van der Waals surface area contributed by atoms with E-state index in [4.69, 9.17) is 9.47 Å². The Bertz CT molecular complexity index is 680. The molecule has 0 bridgehead atoms. The molecule has 112 valence electrons. The highest BCUT2D eigenvalue weighted by molar-refractivity contribution is 7.99. The van der Waals surface area contributed by atoms with Crippen LogP contribution in [0.5, 0.6) is 5.75 Å². The molecule has 2 heterocycles. The Labute approximate surface area is 127 Å². The van der Waals surface area contributed by atoms with Crippen LogP contribution in [0.2, 0.25) is 0 Å². The van der Waals surface area contributed by atoms with Gasteiger partial charge >= 0.3 is 0 Å². The lowest BCUT2D eigenvalue weighted by Gasteiger charge is -2.21. The van der Waals surface area contributed by atoms with E-state index >= 15 is 0 Å². The van der Waals surface area contributed by atoms with Crippen LogP contribution in [-0.4, -0.2) is 35.5 Å². The zero-order valence-corrected chi connectivity index (χ0v) is 12.7. The molecule has 0 saturated carbocycles. The molecule has 0 radical (unpaired) electrons. The number of aromatic amines is 1. The van der Waals surface area contributed by atoms with Gasteiger partial charge in [0.2, 0.25) is 0 Å². The van der Waals surface area contributed by atoms with Gasteiger partial charge in [0.05, 0.1) is 23.8 Å². The summed E-state index contributed by atoms with van der Waals surface area (Å²) in [7, 11) is 1.61. The summed E-state index contributed by atoms with van der Waals surface area (Å²) in [5, 5.41) is 1.18. The zero-order chi connectivity index (χ0) is 14.7. The van der Waals surface area contributed by atoms with Crippen molar-refractivity contribution < 1.29 is 9.47 Å². The van der Waals surface area contributed by atoms with Crippen molar-refractivity contribution in [3.8, 4) is 5.75 Å². The first-order chi connectivity index (χ1) is 10.3. The summed E-state index contributed by atoms with van der Waals surface area (Å²) >= 11 is 1.83. The van der Waals surface area contributed by atoms with E-state index in [1.54, 1.807) is 25.3 Å². The molecule has 1 saturated heterocycles. The number of hydrogen-bond acceptors (Lipinski definition) is 5. The fraction of sp³-hybridized carbons (Fsp3) is 0.467. The standard InChI is InChI=1S/C15H18N2O3S/c1-19-10-2-3-12-13(8-10)16-14(17-15(12)18)9-21-11-4-6-20-7-5-11/h2-3,8,11H,4-7,9H2,1H3,(H,16,17,18). The molecule has 1 aromatic carbocycles. The third-order valence-electron chi connectivity index (χ3n) is 3.59. The lowest BCUT2D eigenvalue weighted by Crippen LogP contribution is -2.18. The minimum Gasteiger partial charge on any atom is -0.497 e. The van der Waals surface area contributed by atoms with E-state index in [9.17, 15) is 4.79 Å². The molecule has 1 aliphatic heterocycles. The number of fused-ring (bicyclic) bond motifs is 1. The normalized spacial score (nSPS) is 16.2. The minimum absolute atomic E-state index is 0.0924. The van der Waals surface area contributed by atoms with Crippen molar-refractivity contribution in [3.05, 3.63) is 34.4 Å². The number of rotatable bonds is 4. The number of benzene rings is 1. The second kappa shape index (κ2) is 6.49. The highest BCUT2D eigenvalue weighted by atomic mass is 32.2. The summed E-state index contributed by atoms with van der Waals surface area (Å²) in [6, 6.07) is 5.32. The van der Waals surface area contributed by atoms with E-state index in [0.29, 0.717) is 27.7 Å². The van der Waals surface area contributed by atoms with Gasteiger partial charge in [-0.15, -0.1) is 0 Å². The Kier molecular flexibility index (Phi) is 4.45. The van der Waals surface area contributed by atoms with E-state index in [0.717, 1.165) is 31.9 Å². The van der Waals surface area contributed by atoms with Crippen molar-refractivity contribution in [3.63, 3.8) is 0 Å². The van der Waals surface area contributed by atoms with Gasteiger partial charge in [0, 0.05) is 24.5 Å². The van der Waals surface area contributed by atoms with Crippen LogP contribution in [0.25, 0.3) is 10.9 Å². The van der Waals surface area contributed by atoms with E-state index in [1.807, 2.05) is 11.8 Å². The predicted octanol–water partition coefficient (Wildman–Crippen LogP) is 2.34. The zero-order valence-electron chi connectivity index (χ0n) is 11.9. The molecule has 2 aromatic rings. The van der Waals surface area contributed by atoms with Crippen molar-refractivity contribution in [2.45, 2.75) is 23.8 Å². The van der Waals surface area contributed by atoms with Gasteiger partial charge in [-0.25, -0.2) is 4.98 Å². The molecule has 0 aliphatic carbocycles. The maximum Gasteiger partial charge on any atom is 0.258 e. The van der Waals surface area contributed by atoms with Crippen molar-refractivity contribution in [1.82, 2.24) is 9.97 Å². The number of hydrogen-bond donors (Lipinski definition) is 1. The maximum atomic E-state index is 12.1. The molecule has 1 aromatic heterocycles. The number of aromatic nitrogens is 2. The number of methoxy groups -OCH3 is 1. The lowest BCUT2D eigenvalue weighted by molar-refractivity contribution is 0.1000. The average Bonchev–Trinajstić information content (AvgIpc) is 2.53. The number of nitrogens with one attached hydrogen (secondary N) is 1. The van der Waals surface area contributed by atoms with Crippen LogP contribution >= 0.6 is 11.8 Å². The van der Waals surface area contributed by atoms with Crippen LogP contribution in [0.15, 0.2) is 23.0 Å². The highest BCUT2D eigenvalue weighted by Crippen LogP contribution is 2.25. The fourth-order valence-electron chi connectivity index (χ4n) is 2.40. The number of H-pyrrole nitrogens is 1. The van der Waals surface area contributed by atoms with Crippen LogP contribution in [0.1, 0.15) is 18.7 Å². The molecule has 1 fully saturated rings. The molecule has 0 amide bonds. The summed E-state index contributed by atoms with van der Waals surface area (Å²) in [6.07, 6.45) is 2.13. The Morgan fingerprint density at radius 3 is 3.00 bits per heavy atom. The van der Waals surface area contributed by atoms with Crippen molar-refractivity contribution in [2.24, 2.45) is 0 Å². The SMILES string of the molecule is COc1ccc2c(=O)[nH]c(CSC3CCOCC3)nc2c1. The molecule has 1 aliphatic rings. The van der Waals surface area contributed by atoms with Gasteiger partial charge in [0.15, 0.2) is 0 Å². The third-order valence-corrected chi connectivity index (χ3v) is 4.97. The van der Waals surface area contributed by atoms with E-state index in [2.05, 4.69) is 9.97 Å². The first-order valence-electron chi connectivity index (χ1n) is 7.02. The number of ether oxygens (including phenoxy) is 2. The summed E-state index contributed by atoms with van der Waals surface area (Å²) in [5.74, 6) is 2.15. The second-order valence-corrected chi connectivity index (χ2v) is 6.31. The molecule has 1 N–H and O–H groups in total. The molecular weight excluding hydrogens is 288 g/mol. The van der Waals surface area contributed by atoms with E-state index in [-0.39, 0.29) is 5.56 Å². The van der Waals surface area contributed by atoms with Crippen LogP contribution in [0, 0.1) is 0 Å². The third kappa shape index (κ3) is 3.39. The molecule has 6 heteroatoms. The molecule has 5 nitrogen and oxygen atoms in total. The maximum absolute atomic E-state index is 12.1. The van der Waals surface area contributed by atoms with Crippen LogP contribution in [0.4, 0.5) is 0 Å². The smallest absolute Gasteiger partial charge is 0.258 e. The lowest BCUT2D eigenvalue weighted by atomic mass is 10.2. The Morgan fingerprint density at radius 1 is 1.43 bits per heavy atom. The fourth-order valence-corrected chi connectivity index (χ4v) is 3.46. The molecule has 0 unspecified atom stereocenters. The Hall–Kier alpha value is -1.53. The summed E-state index contributed by atoms with van der Waals surface area (Å²) in [6.45, 7) is 1.66. The molecule has 0 atom stereocenters. The van der Waals surface area contributed by atoms with Crippen molar-refractivity contribution in [2.75, 3.05) is 20.3 Å². The van der Waals surface area contributed by atoms with Gasteiger partial charge in [-0.1, -0.05) is 0 Å². The molecule has 0 spiro atoms. The van der Waals surface area contributed by atoms with Gasteiger partial charge in [-0.3, -0.25) is 4.79 Å². The summed E-state index contributed by atoms with van der Waals surface area (Å²) in [4.78, 5) is 19.5. The quantitative estimate of drug-likeness (QED) is 0.939. The molecule has 3 rings (SSSR count). The van der Waals surface area contributed by atoms with Gasteiger partial charge in [0.1, 0.15) is 11.6 Å². The van der Waals surface area contributed by atoms with Crippen LogP contribution < -0.4 is 10.3 Å². The van der Waals surface area contributed by atoms with E-state index in [1.165, 1.54) is 0 Å². The number of thioether (sulfide) groups is 1. The van der Waals surface area contributed by atoms with Gasteiger partial charge in [-0.2, -0.15) is 11.8 Å².